The van der Waals surface area contributed by atoms with E-state index in [1.54, 1.807) is 18.0 Å². The van der Waals surface area contributed by atoms with Gasteiger partial charge in [-0.15, -0.1) is 0 Å². The molecule has 0 bridgehead atoms. The largest absolute Gasteiger partial charge is 0.438 e. The van der Waals surface area contributed by atoms with Crippen LogP contribution in [-0.2, 0) is 14.4 Å². The number of nitrogens with one attached hydrogen (secondary N) is 2. The highest BCUT2D eigenvalue weighted by molar-refractivity contribution is 5.92. The lowest BCUT2D eigenvalue weighted by Gasteiger charge is -2.39. The van der Waals surface area contributed by atoms with Crippen LogP contribution in [0.2, 0.25) is 0 Å². The number of aromatic nitrogens is 1. The first kappa shape index (κ1) is 29.7. The van der Waals surface area contributed by atoms with Gasteiger partial charge in [0, 0.05) is 31.1 Å². The van der Waals surface area contributed by atoms with E-state index in [-0.39, 0.29) is 42.0 Å². The molecule has 0 saturated carbocycles. The molecule has 224 valence electrons. The van der Waals surface area contributed by atoms with Gasteiger partial charge in [0.2, 0.25) is 23.6 Å². The van der Waals surface area contributed by atoms with Gasteiger partial charge < -0.3 is 24.9 Å². The Morgan fingerprint density at radius 2 is 1.93 bits per heavy atom. The monoisotopic (exact) mass is 577 g/mol. The number of oxazole rings is 1. The fourth-order valence-corrected chi connectivity index (χ4v) is 6.22. The molecule has 2 aromatic carbocycles. The van der Waals surface area contributed by atoms with Crippen LogP contribution in [-0.4, -0.2) is 70.8 Å². The molecule has 0 aliphatic carbocycles. The maximum absolute atomic E-state index is 14.3. The predicted molar refractivity (Wildman–Crippen MR) is 158 cm³/mol. The lowest BCUT2D eigenvalue weighted by Crippen LogP contribution is -2.60. The molecule has 0 radical (unpaired) electrons. The number of likely N-dealkylation sites (N-methyl/N-ethyl adjacent to an activating group) is 1. The van der Waals surface area contributed by atoms with Crippen molar-refractivity contribution in [2.45, 2.75) is 77.0 Å². The topological polar surface area (TPSA) is 108 Å². The first-order chi connectivity index (χ1) is 20.2. The number of halogens is 1. The van der Waals surface area contributed by atoms with Gasteiger partial charge in [0.25, 0.3) is 0 Å². The molecule has 9 nitrogen and oxygen atoms in total. The molecule has 2 aliphatic rings. The highest BCUT2D eigenvalue weighted by Crippen LogP contribution is 2.40. The Bertz CT molecular complexity index is 1450. The normalized spacial score (nSPS) is 21.8. The summed E-state index contributed by atoms with van der Waals surface area (Å²) >= 11 is 0. The number of carbonyl (C=O) groups is 3. The molecule has 3 aromatic rings. The molecule has 1 aromatic heterocycles. The maximum atomic E-state index is 14.3. The summed E-state index contributed by atoms with van der Waals surface area (Å²) in [5.74, 6) is -0.255. The summed E-state index contributed by atoms with van der Waals surface area (Å²) in [7, 11) is 1.71. The van der Waals surface area contributed by atoms with Crippen molar-refractivity contribution in [2.24, 2.45) is 5.92 Å². The zero-order chi connectivity index (χ0) is 30.0. The van der Waals surface area contributed by atoms with Crippen molar-refractivity contribution in [1.29, 1.82) is 0 Å². The molecule has 3 amide bonds. The number of hydrogen-bond donors (Lipinski definition) is 2. The number of carbonyl (C=O) groups excluding carboxylic acids is 3. The molecular formula is C32H40FN5O4. The van der Waals surface area contributed by atoms with Crippen molar-refractivity contribution in [3.8, 4) is 11.1 Å². The van der Waals surface area contributed by atoms with E-state index in [0.29, 0.717) is 54.8 Å². The number of fused-ring (bicyclic) bond motifs is 2. The second-order valence-corrected chi connectivity index (χ2v) is 11.7. The van der Waals surface area contributed by atoms with Crippen LogP contribution in [0, 0.1) is 11.7 Å². The molecule has 2 fully saturated rings. The smallest absolute Gasteiger partial charge is 0.247 e. The van der Waals surface area contributed by atoms with Gasteiger partial charge in [-0.2, -0.15) is 0 Å². The summed E-state index contributed by atoms with van der Waals surface area (Å²) in [5.41, 5.74) is 2.61. The minimum Gasteiger partial charge on any atom is -0.438 e. The minimum absolute atomic E-state index is 0.00969. The third kappa shape index (κ3) is 6.04. The summed E-state index contributed by atoms with van der Waals surface area (Å²) in [4.78, 5) is 48.9. The zero-order valence-corrected chi connectivity index (χ0v) is 24.7. The molecule has 2 saturated heterocycles. The fourth-order valence-electron chi connectivity index (χ4n) is 6.22. The Hall–Kier alpha value is -3.79. The van der Waals surface area contributed by atoms with Crippen LogP contribution in [0.1, 0.15) is 64.8 Å². The van der Waals surface area contributed by atoms with Crippen LogP contribution >= 0.6 is 0 Å². The van der Waals surface area contributed by atoms with E-state index in [4.69, 9.17) is 9.40 Å². The second-order valence-electron chi connectivity index (χ2n) is 11.7. The first-order valence-corrected chi connectivity index (χ1v) is 14.9. The van der Waals surface area contributed by atoms with Crippen molar-refractivity contribution < 1.29 is 23.2 Å². The molecule has 5 rings (SSSR count). The van der Waals surface area contributed by atoms with E-state index < -0.39 is 18.1 Å². The standard InChI is InChI=1S/C32H40FN5O4/c1-5-24(34-4)30(40)35-25-18-37(28(39)16-19(2)3)15-14-22-12-13-26(38(22)32(25)41)31-36-29-23(10-7-11-27(29)42-31)20-8-6-9-21(33)17-20/h6-11,17,19,22,24-26,34H,5,12-16,18H2,1-4H3,(H,35,40)/t22-,24+,25+,26+/m1/s1. The predicted octanol–water partition coefficient (Wildman–Crippen LogP) is 4.43. The first-order valence-electron chi connectivity index (χ1n) is 14.9. The molecule has 42 heavy (non-hydrogen) atoms. The van der Waals surface area contributed by atoms with Gasteiger partial charge >= 0.3 is 0 Å². The molecule has 0 unspecified atom stereocenters. The van der Waals surface area contributed by atoms with Crippen LogP contribution in [0.15, 0.2) is 46.9 Å². The van der Waals surface area contributed by atoms with Gasteiger partial charge in [0.15, 0.2) is 5.58 Å². The molecule has 4 atom stereocenters. The van der Waals surface area contributed by atoms with Gasteiger partial charge in [-0.1, -0.05) is 45.0 Å². The van der Waals surface area contributed by atoms with Crippen molar-refractivity contribution in [3.05, 3.63) is 54.2 Å². The van der Waals surface area contributed by atoms with E-state index in [1.807, 2.05) is 49.9 Å². The summed E-state index contributed by atoms with van der Waals surface area (Å²) in [6, 6.07) is 10.00. The number of amides is 3. The highest BCUT2D eigenvalue weighted by Gasteiger charge is 2.45. The minimum atomic E-state index is -0.897. The summed E-state index contributed by atoms with van der Waals surface area (Å²) < 4.78 is 20.3. The number of nitrogens with zero attached hydrogens (tertiary/aromatic N) is 3. The Morgan fingerprint density at radius 3 is 2.64 bits per heavy atom. The van der Waals surface area contributed by atoms with E-state index in [9.17, 15) is 18.8 Å². The van der Waals surface area contributed by atoms with E-state index in [0.717, 1.165) is 12.0 Å². The SMILES string of the molecule is CC[C@H](NC)C(=O)N[C@H]1CN(C(=O)CC(C)C)CC[C@H]2CC[C@@H](c3nc4c(-c5cccc(F)c5)cccc4o3)N2C1=O. The molecule has 2 aliphatic heterocycles. The maximum Gasteiger partial charge on any atom is 0.247 e. The third-order valence-electron chi connectivity index (χ3n) is 8.37. The van der Waals surface area contributed by atoms with Crippen LogP contribution in [0.25, 0.3) is 22.2 Å². The average Bonchev–Trinajstić information content (AvgIpc) is 3.57. The second kappa shape index (κ2) is 12.6. The lowest BCUT2D eigenvalue weighted by molar-refractivity contribution is -0.144. The summed E-state index contributed by atoms with van der Waals surface area (Å²) in [6.45, 7) is 6.50. The number of benzene rings is 2. The van der Waals surface area contributed by atoms with Gasteiger partial charge in [-0.3, -0.25) is 14.4 Å². The Kier molecular flexibility index (Phi) is 8.91. The average molecular weight is 578 g/mol. The zero-order valence-electron chi connectivity index (χ0n) is 24.7. The molecule has 10 heteroatoms. The van der Waals surface area contributed by atoms with Crippen molar-refractivity contribution in [2.75, 3.05) is 20.1 Å². The van der Waals surface area contributed by atoms with Gasteiger partial charge in [-0.25, -0.2) is 9.37 Å². The van der Waals surface area contributed by atoms with Gasteiger partial charge in [-0.05, 0) is 62.4 Å². The molecule has 0 spiro atoms. The van der Waals surface area contributed by atoms with Gasteiger partial charge in [0.1, 0.15) is 23.4 Å². The Morgan fingerprint density at radius 1 is 1.14 bits per heavy atom. The molecule has 3 heterocycles. The number of para-hydroxylation sites is 1. The summed E-state index contributed by atoms with van der Waals surface area (Å²) in [5, 5.41) is 5.95. The number of rotatable bonds is 8. The fraction of sp³-hybridized carbons (Fsp3) is 0.500. The summed E-state index contributed by atoms with van der Waals surface area (Å²) in [6.07, 6.45) is 2.96. The van der Waals surface area contributed by atoms with Crippen LogP contribution in [0.3, 0.4) is 0 Å². The highest BCUT2D eigenvalue weighted by atomic mass is 19.1. The van der Waals surface area contributed by atoms with Crippen LogP contribution in [0.5, 0.6) is 0 Å². The van der Waals surface area contributed by atoms with Crippen molar-refractivity contribution in [3.63, 3.8) is 0 Å². The quantitative estimate of drug-likeness (QED) is 0.410. The molecular weight excluding hydrogens is 537 g/mol. The van der Waals surface area contributed by atoms with E-state index in [1.165, 1.54) is 12.1 Å². The Balaban J connectivity index is 1.48. The van der Waals surface area contributed by atoms with E-state index in [2.05, 4.69) is 10.6 Å². The van der Waals surface area contributed by atoms with Crippen molar-refractivity contribution in [1.82, 2.24) is 25.4 Å². The van der Waals surface area contributed by atoms with E-state index >= 15 is 0 Å². The van der Waals surface area contributed by atoms with Crippen LogP contribution in [0.4, 0.5) is 4.39 Å². The number of hydrogen-bond acceptors (Lipinski definition) is 6. The molecule has 2 N–H and O–H groups in total. The van der Waals surface area contributed by atoms with Crippen molar-refractivity contribution >= 4 is 28.8 Å². The third-order valence-corrected chi connectivity index (χ3v) is 8.37. The van der Waals surface area contributed by atoms with Gasteiger partial charge in [0.05, 0.1) is 6.04 Å². The Labute approximate surface area is 245 Å². The lowest BCUT2D eigenvalue weighted by atomic mass is 10.0. The van der Waals surface area contributed by atoms with Crippen LogP contribution < -0.4 is 10.6 Å².